The number of carbonyl (C=O) groups is 6. The molecule has 0 aromatic carbocycles. The summed E-state index contributed by atoms with van der Waals surface area (Å²) < 4.78 is 65.9. The van der Waals surface area contributed by atoms with Crippen LogP contribution in [0.5, 0.6) is 0 Å². The Hall–Kier alpha value is -0.260. The molecular weight excluding hydrogens is 690 g/mol. The van der Waals surface area contributed by atoms with Crippen molar-refractivity contribution in [1.29, 1.82) is 0 Å². The summed E-state index contributed by atoms with van der Waals surface area (Å²) in [5.74, 6) is -4.80. The minimum Gasteiger partial charge on any atom is -0.747 e. The molecule has 2 aliphatic heterocycles. The van der Waals surface area contributed by atoms with Crippen LogP contribution in [-0.2, 0) is 58.7 Å². The molecule has 0 radical (unpaired) electrons. The number of imide groups is 2. The van der Waals surface area contributed by atoms with Crippen molar-refractivity contribution in [2.75, 3.05) is 11.5 Å². The van der Waals surface area contributed by atoms with Gasteiger partial charge in [0.2, 0.25) is 0 Å². The minimum absolute atomic E-state index is 0. The Morgan fingerprint density at radius 2 is 0.955 bits per heavy atom. The van der Waals surface area contributed by atoms with Crippen molar-refractivity contribution >= 4 is 77.4 Å². The van der Waals surface area contributed by atoms with Crippen LogP contribution in [0.15, 0.2) is 0 Å². The van der Waals surface area contributed by atoms with E-state index in [1.54, 1.807) is 21.6 Å². The summed E-state index contributed by atoms with van der Waals surface area (Å²) >= 11 is 0. The zero-order valence-corrected chi connectivity index (χ0v) is 31.6. The van der Waals surface area contributed by atoms with E-state index in [2.05, 4.69) is 9.68 Å². The van der Waals surface area contributed by atoms with E-state index in [1.807, 2.05) is 0 Å². The largest absolute Gasteiger partial charge is 1.00 e. The number of carbonyl (C=O) groups excluding carboxylic acids is 6. The number of hydrogen-bond acceptors (Lipinski definition) is 16. The molecule has 0 aliphatic carbocycles. The Bertz CT molecular complexity index is 1170. The van der Waals surface area contributed by atoms with Crippen molar-refractivity contribution in [3.63, 3.8) is 0 Å². The van der Waals surface area contributed by atoms with E-state index in [4.69, 9.17) is 0 Å². The number of unbranched alkanes of at least 4 members (excludes halogenated alkanes) is 6. The third-order valence-electron chi connectivity index (χ3n) is 6.01. The van der Waals surface area contributed by atoms with Gasteiger partial charge in [0, 0.05) is 24.3 Å². The van der Waals surface area contributed by atoms with Crippen LogP contribution in [0.1, 0.15) is 77.0 Å². The minimum atomic E-state index is -5.02. The zero-order valence-electron chi connectivity index (χ0n) is 24.3. The topological polar surface area (TPSA) is 242 Å². The van der Waals surface area contributed by atoms with Gasteiger partial charge in [0.05, 0.1) is 12.8 Å². The van der Waals surface area contributed by atoms with E-state index in [-0.39, 0.29) is 82.1 Å². The summed E-state index contributed by atoms with van der Waals surface area (Å²) in [6.07, 6.45) is 3.87. The normalized spacial score (nSPS) is 18.7. The second-order valence-electron chi connectivity index (χ2n) is 9.32. The van der Waals surface area contributed by atoms with Crippen molar-refractivity contribution in [3.8, 4) is 0 Å². The molecular formula is C22H30N2Na2O14S4. The quantitative estimate of drug-likeness (QED) is 0.0397. The summed E-state index contributed by atoms with van der Waals surface area (Å²) in [4.78, 5) is 79.9. The molecule has 0 spiro atoms. The fourth-order valence-electron chi connectivity index (χ4n) is 3.79. The standard InChI is InChI=1S/C22H32N2O14S4.2Na/c25-17-13-15(41(31,32)33)21(29)23(17)37-19(27)9-5-1-3-7-11-39-40-12-8-4-2-6-10-20(28)38-24-18(26)14-16(22(24)30)42(34,35)36;;/h15-16H,1-14H2,(H,31,32,33)(H,34,35,36);;/q;2*+1/p-2. The van der Waals surface area contributed by atoms with Crippen molar-refractivity contribution in [1.82, 2.24) is 10.1 Å². The molecule has 2 aliphatic rings. The first-order valence-corrected chi connectivity index (χ1v) is 18.3. The SMILES string of the molecule is O=C(CCCCCCSSCCCCCCC(=O)ON1C(=O)CC(S(=O)(=O)[O-])C1=O)ON1C(=O)CC(S(=O)(=O)[O-])C1=O.[Na+].[Na+]. The van der Waals surface area contributed by atoms with E-state index in [0.717, 1.165) is 37.2 Å². The Balaban J connectivity index is 0.00000924. The molecule has 0 N–H and O–H groups in total. The first-order valence-electron chi connectivity index (χ1n) is 12.9. The average molecular weight is 721 g/mol. The maximum Gasteiger partial charge on any atom is 1.00 e. The van der Waals surface area contributed by atoms with Crippen molar-refractivity contribution in [2.45, 2.75) is 87.5 Å². The van der Waals surface area contributed by atoms with Gasteiger partial charge in [-0.1, -0.05) is 47.3 Å². The molecule has 2 saturated heterocycles. The van der Waals surface area contributed by atoms with Crippen LogP contribution in [0.2, 0.25) is 0 Å². The molecule has 238 valence electrons. The van der Waals surface area contributed by atoms with Crippen LogP contribution < -0.4 is 59.1 Å². The van der Waals surface area contributed by atoms with Crippen LogP contribution in [-0.4, -0.2) is 93.6 Å². The summed E-state index contributed by atoms with van der Waals surface area (Å²) in [6, 6.07) is 0. The first kappa shape index (κ1) is 43.7. The average Bonchev–Trinajstić information content (AvgIpc) is 3.34. The smallest absolute Gasteiger partial charge is 0.747 e. The fourth-order valence-corrected chi connectivity index (χ4v) is 7.46. The second-order valence-corrected chi connectivity index (χ2v) is 15.1. The molecule has 0 saturated carbocycles. The van der Waals surface area contributed by atoms with Gasteiger partial charge in [0.25, 0.3) is 23.6 Å². The Kier molecular flexibility index (Phi) is 20.7. The summed E-state index contributed by atoms with van der Waals surface area (Å²) in [5, 5.41) is -4.03. The molecule has 16 nitrogen and oxygen atoms in total. The maximum atomic E-state index is 11.8. The van der Waals surface area contributed by atoms with Gasteiger partial charge in [-0.2, -0.15) is 0 Å². The van der Waals surface area contributed by atoms with E-state index < -0.39 is 79.1 Å². The fraction of sp³-hybridized carbons (Fsp3) is 0.727. The van der Waals surface area contributed by atoms with Gasteiger partial charge < -0.3 is 18.8 Å². The molecule has 2 unspecified atom stereocenters. The van der Waals surface area contributed by atoms with Gasteiger partial charge in [-0.05, 0) is 25.7 Å². The molecule has 0 aromatic heterocycles. The second kappa shape index (κ2) is 20.9. The number of hydrogen-bond donors (Lipinski definition) is 0. The van der Waals surface area contributed by atoms with Crippen LogP contribution >= 0.6 is 21.6 Å². The van der Waals surface area contributed by atoms with Gasteiger partial charge in [0.15, 0.2) is 0 Å². The number of nitrogens with zero attached hydrogens (tertiary/aromatic N) is 2. The van der Waals surface area contributed by atoms with Crippen molar-refractivity contribution in [3.05, 3.63) is 0 Å². The summed E-state index contributed by atoms with van der Waals surface area (Å²) in [6.45, 7) is 0. The molecule has 2 heterocycles. The molecule has 22 heteroatoms. The van der Waals surface area contributed by atoms with E-state index in [9.17, 15) is 54.7 Å². The summed E-state index contributed by atoms with van der Waals surface area (Å²) in [7, 11) is -6.66. The molecule has 2 fully saturated rings. The predicted molar refractivity (Wildman–Crippen MR) is 143 cm³/mol. The summed E-state index contributed by atoms with van der Waals surface area (Å²) in [5.41, 5.74) is 0. The zero-order chi connectivity index (χ0) is 31.5. The number of rotatable bonds is 19. The number of hydroxylamine groups is 4. The third kappa shape index (κ3) is 14.7. The Morgan fingerprint density at radius 1 is 0.636 bits per heavy atom. The molecule has 0 aromatic rings. The van der Waals surface area contributed by atoms with Gasteiger partial charge >= 0.3 is 71.1 Å². The molecule has 4 amide bonds. The van der Waals surface area contributed by atoms with Crippen molar-refractivity contribution < 1.29 is 123 Å². The first-order chi connectivity index (χ1) is 19.6. The van der Waals surface area contributed by atoms with Gasteiger partial charge in [0.1, 0.15) is 30.7 Å². The number of amides is 4. The van der Waals surface area contributed by atoms with Crippen LogP contribution in [0.3, 0.4) is 0 Å². The van der Waals surface area contributed by atoms with Gasteiger partial charge in [-0.25, -0.2) is 26.4 Å². The van der Waals surface area contributed by atoms with Gasteiger partial charge in [-0.15, -0.1) is 10.1 Å². The van der Waals surface area contributed by atoms with Gasteiger partial charge in [-0.3, -0.25) is 19.2 Å². The molecule has 0 bridgehead atoms. The Labute approximate surface area is 307 Å². The molecule has 44 heavy (non-hydrogen) atoms. The van der Waals surface area contributed by atoms with Crippen LogP contribution in [0.25, 0.3) is 0 Å². The molecule has 2 atom stereocenters. The Morgan fingerprint density at radius 3 is 1.25 bits per heavy atom. The van der Waals surface area contributed by atoms with E-state index in [0.29, 0.717) is 25.7 Å². The van der Waals surface area contributed by atoms with Crippen LogP contribution in [0, 0.1) is 0 Å². The van der Waals surface area contributed by atoms with Crippen molar-refractivity contribution in [2.24, 2.45) is 0 Å². The van der Waals surface area contributed by atoms with Crippen LogP contribution in [0.4, 0.5) is 0 Å². The van der Waals surface area contributed by atoms with E-state index >= 15 is 0 Å². The molecule has 2 rings (SSSR count). The third-order valence-corrected chi connectivity index (χ3v) is 10.7. The van der Waals surface area contributed by atoms with E-state index in [1.165, 1.54) is 0 Å². The predicted octanol–water partition coefficient (Wildman–Crippen LogP) is -5.46. The maximum absolute atomic E-state index is 11.8. The monoisotopic (exact) mass is 720 g/mol.